The molecule has 1 unspecified atom stereocenters. The van der Waals surface area contributed by atoms with Crippen LogP contribution in [0.15, 0.2) is 24.3 Å². The van der Waals surface area contributed by atoms with E-state index in [-0.39, 0.29) is 18.2 Å². The molecular formula is C19H27NO3. The van der Waals surface area contributed by atoms with Gasteiger partial charge < -0.3 is 4.74 Å². The summed E-state index contributed by atoms with van der Waals surface area (Å²) in [6.07, 6.45) is 8.94. The van der Waals surface area contributed by atoms with Gasteiger partial charge in [-0.05, 0) is 25.3 Å². The van der Waals surface area contributed by atoms with Crippen LogP contribution in [-0.2, 0) is 9.57 Å². The second-order valence-electron chi connectivity index (χ2n) is 6.51. The Kier molecular flexibility index (Phi) is 5.68. The van der Waals surface area contributed by atoms with Crippen LogP contribution in [0.5, 0.6) is 0 Å². The number of ether oxygens (including phenoxy) is 1. The fourth-order valence-electron chi connectivity index (χ4n) is 3.41. The van der Waals surface area contributed by atoms with Crippen molar-refractivity contribution in [1.29, 1.82) is 0 Å². The Morgan fingerprint density at radius 2 is 1.91 bits per heavy atom. The molecule has 126 valence electrons. The predicted octanol–water partition coefficient (Wildman–Crippen LogP) is 4.61. The second kappa shape index (κ2) is 7.93. The molecule has 4 nitrogen and oxygen atoms in total. The van der Waals surface area contributed by atoms with Gasteiger partial charge in [-0.2, -0.15) is 5.06 Å². The Bertz CT molecular complexity index is 525. The summed E-state index contributed by atoms with van der Waals surface area (Å²) in [6, 6.07) is 7.71. The maximum atomic E-state index is 12.6. The third kappa shape index (κ3) is 3.75. The molecule has 2 aliphatic rings. The van der Waals surface area contributed by atoms with E-state index in [1.54, 1.807) is 0 Å². The first-order valence-electron chi connectivity index (χ1n) is 9.02. The third-order valence-corrected chi connectivity index (χ3v) is 4.72. The molecule has 1 saturated carbocycles. The Labute approximate surface area is 138 Å². The van der Waals surface area contributed by atoms with Gasteiger partial charge in [0.05, 0.1) is 12.7 Å². The van der Waals surface area contributed by atoms with Crippen molar-refractivity contribution in [2.24, 2.45) is 0 Å². The SMILES string of the molecule is CCCCCON1C(=O)c2ccccc2C1OC1CCCCC1. The normalized spacial score (nSPS) is 21.7. The molecule has 23 heavy (non-hydrogen) atoms. The van der Waals surface area contributed by atoms with Gasteiger partial charge in [-0.15, -0.1) is 0 Å². The van der Waals surface area contributed by atoms with Crippen molar-refractivity contribution in [2.45, 2.75) is 70.6 Å². The molecule has 1 aliphatic heterocycles. The lowest BCUT2D eigenvalue weighted by molar-refractivity contribution is -0.232. The first kappa shape index (κ1) is 16.5. The van der Waals surface area contributed by atoms with E-state index >= 15 is 0 Å². The van der Waals surface area contributed by atoms with Crippen LogP contribution in [0.1, 0.15) is 80.4 Å². The average Bonchev–Trinajstić information content (AvgIpc) is 2.85. The van der Waals surface area contributed by atoms with Gasteiger partial charge in [0, 0.05) is 11.1 Å². The number of amides is 1. The van der Waals surface area contributed by atoms with Crippen LogP contribution < -0.4 is 0 Å². The van der Waals surface area contributed by atoms with Crippen LogP contribution in [0.4, 0.5) is 0 Å². The van der Waals surface area contributed by atoms with Crippen LogP contribution in [0, 0.1) is 0 Å². The highest BCUT2D eigenvalue weighted by Crippen LogP contribution is 2.37. The molecule has 0 spiro atoms. The summed E-state index contributed by atoms with van der Waals surface area (Å²) in [6.45, 7) is 2.73. The Morgan fingerprint density at radius 3 is 2.70 bits per heavy atom. The van der Waals surface area contributed by atoms with Gasteiger partial charge in [-0.3, -0.25) is 9.63 Å². The van der Waals surface area contributed by atoms with Crippen LogP contribution in [-0.4, -0.2) is 23.7 Å². The highest BCUT2D eigenvalue weighted by Gasteiger charge is 2.39. The molecule has 0 N–H and O–H groups in total. The fourth-order valence-corrected chi connectivity index (χ4v) is 3.41. The standard InChI is InChI=1S/C19H27NO3/c1-2-3-9-14-22-20-18(21)16-12-7-8-13-17(16)19(20)23-15-10-5-4-6-11-15/h7-8,12-13,15,19H,2-6,9-11,14H2,1H3. The number of nitrogens with zero attached hydrogens (tertiary/aromatic N) is 1. The number of unbranched alkanes of at least 4 members (excludes halogenated alkanes) is 2. The van der Waals surface area contributed by atoms with Crippen molar-refractivity contribution in [1.82, 2.24) is 5.06 Å². The minimum Gasteiger partial charge on any atom is -0.348 e. The number of rotatable bonds is 7. The molecule has 1 heterocycles. The maximum absolute atomic E-state index is 12.6. The van der Waals surface area contributed by atoms with E-state index < -0.39 is 0 Å². The largest absolute Gasteiger partial charge is 0.348 e. The van der Waals surface area contributed by atoms with E-state index in [1.807, 2.05) is 24.3 Å². The van der Waals surface area contributed by atoms with Crippen LogP contribution in [0.2, 0.25) is 0 Å². The molecule has 1 aromatic carbocycles. The second-order valence-corrected chi connectivity index (χ2v) is 6.51. The Balaban J connectivity index is 1.71. The summed E-state index contributed by atoms with van der Waals surface area (Å²) >= 11 is 0. The number of carbonyl (C=O) groups is 1. The fraction of sp³-hybridized carbons (Fsp3) is 0.632. The van der Waals surface area contributed by atoms with Crippen molar-refractivity contribution in [3.05, 3.63) is 35.4 Å². The van der Waals surface area contributed by atoms with Crippen molar-refractivity contribution >= 4 is 5.91 Å². The van der Waals surface area contributed by atoms with Gasteiger partial charge >= 0.3 is 0 Å². The topological polar surface area (TPSA) is 38.8 Å². The molecule has 1 aliphatic carbocycles. The van der Waals surface area contributed by atoms with E-state index in [1.165, 1.54) is 24.3 Å². The monoisotopic (exact) mass is 317 g/mol. The highest BCUT2D eigenvalue weighted by atomic mass is 16.7. The van der Waals surface area contributed by atoms with Gasteiger partial charge in [-0.25, -0.2) is 0 Å². The summed E-state index contributed by atoms with van der Waals surface area (Å²) in [5.41, 5.74) is 1.65. The summed E-state index contributed by atoms with van der Waals surface area (Å²) in [7, 11) is 0. The molecule has 0 radical (unpaired) electrons. The van der Waals surface area contributed by atoms with Crippen LogP contribution >= 0.6 is 0 Å². The van der Waals surface area contributed by atoms with E-state index in [4.69, 9.17) is 9.57 Å². The average molecular weight is 317 g/mol. The molecule has 1 atom stereocenters. The number of hydrogen-bond acceptors (Lipinski definition) is 3. The first-order chi connectivity index (χ1) is 11.3. The van der Waals surface area contributed by atoms with Crippen LogP contribution in [0.25, 0.3) is 0 Å². The zero-order valence-electron chi connectivity index (χ0n) is 14.0. The van der Waals surface area contributed by atoms with Crippen molar-refractivity contribution < 1.29 is 14.4 Å². The van der Waals surface area contributed by atoms with E-state index in [0.29, 0.717) is 12.2 Å². The van der Waals surface area contributed by atoms with E-state index in [9.17, 15) is 4.79 Å². The van der Waals surface area contributed by atoms with Gasteiger partial charge in [0.1, 0.15) is 0 Å². The number of hydrogen-bond donors (Lipinski definition) is 0. The molecule has 0 saturated heterocycles. The van der Waals surface area contributed by atoms with Gasteiger partial charge in [0.15, 0.2) is 6.23 Å². The van der Waals surface area contributed by atoms with Crippen molar-refractivity contribution in [3.63, 3.8) is 0 Å². The van der Waals surface area contributed by atoms with Gasteiger partial charge in [0.25, 0.3) is 5.91 Å². The zero-order valence-corrected chi connectivity index (χ0v) is 14.0. The smallest absolute Gasteiger partial charge is 0.280 e. The quantitative estimate of drug-likeness (QED) is 0.689. The summed E-state index contributed by atoms with van der Waals surface area (Å²) < 4.78 is 6.30. The number of carbonyl (C=O) groups excluding carboxylic acids is 1. The Morgan fingerprint density at radius 1 is 1.13 bits per heavy atom. The van der Waals surface area contributed by atoms with Crippen molar-refractivity contribution in [3.8, 4) is 0 Å². The molecular weight excluding hydrogens is 290 g/mol. The lowest BCUT2D eigenvalue weighted by Crippen LogP contribution is -2.33. The lowest BCUT2D eigenvalue weighted by atomic mass is 9.97. The minimum atomic E-state index is -0.386. The Hall–Kier alpha value is -1.39. The van der Waals surface area contributed by atoms with Crippen LogP contribution in [0.3, 0.4) is 0 Å². The van der Waals surface area contributed by atoms with Gasteiger partial charge in [0.2, 0.25) is 0 Å². The van der Waals surface area contributed by atoms with E-state index in [0.717, 1.165) is 37.7 Å². The van der Waals surface area contributed by atoms with Gasteiger partial charge in [-0.1, -0.05) is 57.2 Å². The maximum Gasteiger partial charge on any atom is 0.280 e. The molecule has 4 heteroatoms. The molecule has 0 bridgehead atoms. The summed E-state index contributed by atoms with van der Waals surface area (Å²) in [5, 5.41) is 1.47. The third-order valence-electron chi connectivity index (χ3n) is 4.72. The molecule has 1 fully saturated rings. The molecule has 0 aromatic heterocycles. The van der Waals surface area contributed by atoms with Crippen molar-refractivity contribution in [2.75, 3.05) is 6.61 Å². The number of benzene rings is 1. The summed E-state index contributed by atoms with van der Waals surface area (Å²) in [4.78, 5) is 18.4. The number of fused-ring (bicyclic) bond motifs is 1. The lowest BCUT2D eigenvalue weighted by Gasteiger charge is -2.30. The number of hydroxylamine groups is 2. The first-order valence-corrected chi connectivity index (χ1v) is 9.02. The zero-order chi connectivity index (χ0) is 16.1. The minimum absolute atomic E-state index is 0.0714. The summed E-state index contributed by atoms with van der Waals surface area (Å²) in [5.74, 6) is -0.0714. The molecule has 3 rings (SSSR count). The van der Waals surface area contributed by atoms with E-state index in [2.05, 4.69) is 6.92 Å². The molecule has 1 amide bonds. The predicted molar refractivity (Wildman–Crippen MR) is 88.8 cm³/mol. The molecule has 1 aromatic rings. The highest BCUT2D eigenvalue weighted by molar-refractivity contribution is 5.98.